The minimum Gasteiger partial charge on any atom is -0.382 e. The lowest BCUT2D eigenvalue weighted by Crippen LogP contribution is -2.45. The molecule has 1 aromatic rings. The average Bonchev–Trinajstić information content (AvgIpc) is 2.76. The summed E-state index contributed by atoms with van der Waals surface area (Å²) < 4.78 is 10.5. The molecule has 0 amide bonds. The van der Waals surface area contributed by atoms with E-state index in [-0.39, 0.29) is 24.0 Å². The van der Waals surface area contributed by atoms with E-state index in [1.165, 1.54) is 24.2 Å². The summed E-state index contributed by atoms with van der Waals surface area (Å²) >= 11 is 0. The number of benzene rings is 1. The number of ether oxygens (including phenoxy) is 2. The van der Waals surface area contributed by atoms with E-state index in [9.17, 15) is 0 Å². The summed E-state index contributed by atoms with van der Waals surface area (Å²) in [4.78, 5) is 9.40. The molecule has 172 valence electrons. The topological polar surface area (TPSA) is 61.4 Å². The van der Waals surface area contributed by atoms with Crippen LogP contribution in [0.5, 0.6) is 0 Å². The molecule has 0 radical (unpaired) electrons. The molecule has 1 fully saturated rings. The van der Waals surface area contributed by atoms with Gasteiger partial charge in [-0.15, -0.1) is 24.0 Å². The highest BCUT2D eigenvalue weighted by molar-refractivity contribution is 14.0. The third-order valence-electron chi connectivity index (χ3n) is 5.28. The van der Waals surface area contributed by atoms with Gasteiger partial charge in [0.1, 0.15) is 0 Å². The third-order valence-corrected chi connectivity index (χ3v) is 5.28. The quantitative estimate of drug-likeness (QED) is 0.186. The van der Waals surface area contributed by atoms with Crippen LogP contribution in [0.3, 0.4) is 0 Å². The fourth-order valence-corrected chi connectivity index (χ4v) is 3.41. The molecule has 8 heteroatoms. The van der Waals surface area contributed by atoms with Gasteiger partial charge < -0.3 is 25.0 Å². The molecule has 0 spiro atoms. The number of hydrogen-bond acceptors (Lipinski definition) is 5. The predicted octanol–water partition coefficient (Wildman–Crippen LogP) is 2.16. The first kappa shape index (κ1) is 27.1. The van der Waals surface area contributed by atoms with E-state index in [4.69, 9.17) is 9.47 Å². The number of nitrogens with zero attached hydrogens (tertiary/aromatic N) is 3. The van der Waals surface area contributed by atoms with E-state index in [1.807, 2.05) is 7.05 Å². The molecular formula is C22H40IN5O2. The van der Waals surface area contributed by atoms with Crippen LogP contribution >= 0.6 is 24.0 Å². The summed E-state index contributed by atoms with van der Waals surface area (Å²) in [6.45, 7) is 12.7. The van der Waals surface area contributed by atoms with E-state index < -0.39 is 0 Å². The molecule has 2 N–H and O–H groups in total. The Morgan fingerprint density at radius 2 is 1.70 bits per heavy atom. The molecule has 0 aromatic heterocycles. The Hall–Kier alpha value is -0.940. The molecule has 1 aliphatic heterocycles. The van der Waals surface area contributed by atoms with Crippen LogP contribution in [0.25, 0.3) is 0 Å². The Bertz CT molecular complexity index is 595. The first-order valence-electron chi connectivity index (χ1n) is 10.8. The highest BCUT2D eigenvalue weighted by atomic mass is 127. The fourth-order valence-electron chi connectivity index (χ4n) is 3.41. The van der Waals surface area contributed by atoms with Crippen LogP contribution in [0.2, 0.25) is 0 Å². The van der Waals surface area contributed by atoms with Crippen molar-refractivity contribution in [3.05, 3.63) is 35.4 Å². The maximum Gasteiger partial charge on any atom is 0.191 e. The molecule has 7 nitrogen and oxygen atoms in total. The SMILES string of the molecule is CCN1CCN(Cc2ccccc2CNC(=NC)NCCCOCCOC)CC1.I. The number of hydrogen-bond donors (Lipinski definition) is 2. The van der Waals surface area contributed by atoms with Gasteiger partial charge in [0.05, 0.1) is 13.2 Å². The monoisotopic (exact) mass is 533 g/mol. The highest BCUT2D eigenvalue weighted by Crippen LogP contribution is 2.13. The Balaban J connectivity index is 0.00000450. The zero-order valence-corrected chi connectivity index (χ0v) is 21.2. The zero-order valence-electron chi connectivity index (χ0n) is 18.9. The van der Waals surface area contributed by atoms with Crippen molar-refractivity contribution in [3.8, 4) is 0 Å². The summed E-state index contributed by atoms with van der Waals surface area (Å²) in [5, 5.41) is 6.80. The second-order valence-corrected chi connectivity index (χ2v) is 7.29. The number of aliphatic imine (C=N–C) groups is 1. The highest BCUT2D eigenvalue weighted by Gasteiger charge is 2.16. The van der Waals surface area contributed by atoms with Crippen LogP contribution in [0.1, 0.15) is 24.5 Å². The molecule has 0 bridgehead atoms. The summed E-state index contributed by atoms with van der Waals surface area (Å²) in [5.41, 5.74) is 2.73. The van der Waals surface area contributed by atoms with Crippen LogP contribution in [-0.4, -0.2) is 89.0 Å². The smallest absolute Gasteiger partial charge is 0.191 e. The molecule has 2 rings (SSSR count). The maximum absolute atomic E-state index is 5.49. The molecule has 30 heavy (non-hydrogen) atoms. The molecule has 0 unspecified atom stereocenters. The molecule has 1 heterocycles. The van der Waals surface area contributed by atoms with Gasteiger partial charge in [-0.1, -0.05) is 31.2 Å². The van der Waals surface area contributed by atoms with Crippen LogP contribution in [0, 0.1) is 0 Å². The number of guanidine groups is 1. The second kappa shape index (κ2) is 16.7. The summed E-state index contributed by atoms with van der Waals surface area (Å²) in [6.07, 6.45) is 0.935. The Labute approximate surface area is 199 Å². The molecule has 0 saturated carbocycles. The third kappa shape index (κ3) is 10.4. The largest absolute Gasteiger partial charge is 0.382 e. The minimum atomic E-state index is 0. The Morgan fingerprint density at radius 3 is 2.37 bits per heavy atom. The number of nitrogens with one attached hydrogen (secondary N) is 2. The minimum absolute atomic E-state index is 0. The van der Waals surface area contributed by atoms with Gasteiger partial charge in [-0.2, -0.15) is 0 Å². The fraction of sp³-hybridized carbons (Fsp3) is 0.682. The normalized spacial score (nSPS) is 15.6. The van der Waals surface area contributed by atoms with Gasteiger partial charge in [0.15, 0.2) is 5.96 Å². The summed E-state index contributed by atoms with van der Waals surface area (Å²) in [5.74, 6) is 0.827. The maximum atomic E-state index is 5.49. The first-order chi connectivity index (χ1) is 14.3. The summed E-state index contributed by atoms with van der Waals surface area (Å²) in [6, 6.07) is 8.71. The number of rotatable bonds is 12. The van der Waals surface area contributed by atoms with Gasteiger partial charge in [-0.05, 0) is 24.1 Å². The average molecular weight is 533 g/mol. The second-order valence-electron chi connectivity index (χ2n) is 7.29. The van der Waals surface area contributed by atoms with Gasteiger partial charge >= 0.3 is 0 Å². The van der Waals surface area contributed by atoms with Crippen molar-refractivity contribution in [1.29, 1.82) is 0 Å². The van der Waals surface area contributed by atoms with Crippen molar-refractivity contribution in [2.45, 2.75) is 26.4 Å². The van der Waals surface area contributed by atoms with Crippen molar-refractivity contribution in [3.63, 3.8) is 0 Å². The lowest BCUT2D eigenvalue weighted by Gasteiger charge is -2.34. The first-order valence-corrected chi connectivity index (χ1v) is 10.8. The van der Waals surface area contributed by atoms with E-state index in [1.54, 1.807) is 7.11 Å². The van der Waals surface area contributed by atoms with Crippen LogP contribution in [-0.2, 0) is 22.6 Å². The Morgan fingerprint density at radius 1 is 1.00 bits per heavy atom. The predicted molar refractivity (Wildman–Crippen MR) is 135 cm³/mol. The van der Waals surface area contributed by atoms with Gasteiger partial charge in [-0.3, -0.25) is 9.89 Å². The van der Waals surface area contributed by atoms with Gasteiger partial charge in [0.2, 0.25) is 0 Å². The van der Waals surface area contributed by atoms with Crippen molar-refractivity contribution in [2.75, 3.05) is 73.2 Å². The molecular weight excluding hydrogens is 493 g/mol. The van der Waals surface area contributed by atoms with Crippen LogP contribution in [0.4, 0.5) is 0 Å². The van der Waals surface area contributed by atoms with Crippen molar-refractivity contribution in [2.24, 2.45) is 4.99 Å². The van der Waals surface area contributed by atoms with Gasteiger partial charge in [0.25, 0.3) is 0 Å². The molecule has 1 aromatic carbocycles. The number of halogens is 1. The van der Waals surface area contributed by atoms with E-state index >= 15 is 0 Å². The molecule has 0 aliphatic carbocycles. The van der Waals surface area contributed by atoms with E-state index in [2.05, 4.69) is 56.6 Å². The summed E-state index contributed by atoms with van der Waals surface area (Å²) in [7, 11) is 3.49. The van der Waals surface area contributed by atoms with Gasteiger partial charge in [0, 0.05) is 66.6 Å². The number of methoxy groups -OCH3 is 1. The van der Waals surface area contributed by atoms with Gasteiger partial charge in [-0.25, -0.2) is 0 Å². The van der Waals surface area contributed by atoms with E-state index in [0.717, 1.165) is 58.3 Å². The van der Waals surface area contributed by atoms with Crippen molar-refractivity contribution >= 4 is 29.9 Å². The molecule has 1 saturated heterocycles. The number of piperazine rings is 1. The Kier molecular flexibility index (Phi) is 15.1. The van der Waals surface area contributed by atoms with E-state index in [0.29, 0.717) is 13.2 Å². The number of likely N-dealkylation sites (N-methyl/N-ethyl adjacent to an activating group) is 1. The van der Waals surface area contributed by atoms with Crippen molar-refractivity contribution < 1.29 is 9.47 Å². The molecule has 0 atom stereocenters. The standard InChI is InChI=1S/C22H39N5O2.HI/c1-4-26-11-13-27(14-12-26)19-21-9-6-5-8-20(21)18-25-22(23-2)24-10-7-15-29-17-16-28-3;/h5-6,8-9H,4,7,10-19H2,1-3H3,(H2,23,24,25);1H. The zero-order chi connectivity index (χ0) is 20.7. The lowest BCUT2D eigenvalue weighted by molar-refractivity contribution is 0.0698. The van der Waals surface area contributed by atoms with Crippen molar-refractivity contribution in [1.82, 2.24) is 20.4 Å². The van der Waals surface area contributed by atoms with Crippen LogP contribution < -0.4 is 10.6 Å². The lowest BCUT2D eigenvalue weighted by atomic mass is 10.1. The molecule has 1 aliphatic rings. The van der Waals surface area contributed by atoms with Crippen LogP contribution in [0.15, 0.2) is 29.3 Å².